The Morgan fingerprint density at radius 2 is 2.04 bits per heavy atom. The van der Waals surface area contributed by atoms with E-state index in [0.29, 0.717) is 48.2 Å². The number of aryl methyl sites for hydroxylation is 2. The van der Waals surface area contributed by atoms with Crippen LogP contribution in [0.1, 0.15) is 39.6 Å². The molecule has 1 fully saturated rings. The molecule has 1 aromatic heterocycles. The number of rotatable bonds is 6. The third-order valence-corrected chi connectivity index (χ3v) is 6.40. The predicted octanol–water partition coefficient (Wildman–Crippen LogP) is 3.59. The third-order valence-electron chi connectivity index (χ3n) is 5.10. The van der Waals surface area contributed by atoms with Crippen molar-refractivity contribution in [1.82, 2.24) is 9.88 Å². The summed E-state index contributed by atoms with van der Waals surface area (Å²) in [5.74, 6) is 0.306. The number of nitrogens with two attached hydrogens (primary N) is 1. The van der Waals surface area contributed by atoms with Crippen molar-refractivity contribution in [3.05, 3.63) is 44.9 Å². The molecule has 1 aliphatic heterocycles. The van der Waals surface area contributed by atoms with Crippen molar-refractivity contribution in [2.24, 2.45) is 11.1 Å². The van der Waals surface area contributed by atoms with Gasteiger partial charge in [-0.05, 0) is 44.9 Å². The molecule has 2 amide bonds. The zero-order valence-corrected chi connectivity index (χ0v) is 17.6. The molecule has 150 valence electrons. The Labute approximate surface area is 173 Å². The third kappa shape index (κ3) is 4.83. The molecule has 0 aliphatic carbocycles. The summed E-state index contributed by atoms with van der Waals surface area (Å²) in [6, 6.07) is 7.17. The van der Waals surface area contributed by atoms with Crippen molar-refractivity contribution in [2.75, 3.05) is 19.7 Å². The largest absolute Gasteiger partial charge is 0.493 e. The number of piperidine rings is 1. The Balaban J connectivity index is 1.68. The van der Waals surface area contributed by atoms with E-state index in [1.807, 2.05) is 30.9 Å². The summed E-state index contributed by atoms with van der Waals surface area (Å²) in [5, 5.41) is 1.48. The van der Waals surface area contributed by atoms with Gasteiger partial charge in [0.15, 0.2) is 0 Å². The van der Waals surface area contributed by atoms with Gasteiger partial charge in [-0.3, -0.25) is 9.59 Å². The molecule has 2 aromatic rings. The number of likely N-dealkylation sites (tertiary alicyclic amines) is 1. The number of ether oxygens (including phenoxy) is 1. The number of nitrogens with zero attached hydrogens (tertiary/aromatic N) is 2. The molecule has 2 N–H and O–H groups in total. The number of hydrogen-bond donors (Lipinski definition) is 1. The Hall–Kier alpha value is -2.12. The molecule has 0 spiro atoms. The number of aromatic nitrogens is 1. The molecule has 1 aromatic carbocycles. The number of amides is 2. The SMILES string of the molecule is Cc1nc(C)c(C(=O)N2CCC(COc3cccc(Cl)c3)(CC(N)=O)CC2)s1. The van der Waals surface area contributed by atoms with E-state index < -0.39 is 0 Å². The molecule has 3 rings (SSSR count). The van der Waals surface area contributed by atoms with Gasteiger partial charge in [0, 0.05) is 29.9 Å². The van der Waals surface area contributed by atoms with Gasteiger partial charge in [0.2, 0.25) is 5.91 Å². The molecule has 0 radical (unpaired) electrons. The average molecular weight is 422 g/mol. The maximum atomic E-state index is 12.8. The second-order valence-electron chi connectivity index (χ2n) is 7.33. The summed E-state index contributed by atoms with van der Waals surface area (Å²) in [6.45, 7) is 5.23. The lowest BCUT2D eigenvalue weighted by atomic mass is 9.76. The van der Waals surface area contributed by atoms with Crippen LogP contribution in [0.2, 0.25) is 5.02 Å². The van der Waals surface area contributed by atoms with Crippen LogP contribution in [0.15, 0.2) is 24.3 Å². The molecule has 0 saturated carbocycles. The van der Waals surface area contributed by atoms with Crippen LogP contribution in [0.4, 0.5) is 0 Å². The molecular formula is C20H24ClN3O3S. The van der Waals surface area contributed by atoms with Crippen molar-refractivity contribution in [2.45, 2.75) is 33.1 Å². The first-order valence-electron chi connectivity index (χ1n) is 9.18. The monoisotopic (exact) mass is 421 g/mol. The van der Waals surface area contributed by atoms with Crippen LogP contribution in [0.5, 0.6) is 5.75 Å². The highest BCUT2D eigenvalue weighted by Gasteiger charge is 2.38. The fourth-order valence-electron chi connectivity index (χ4n) is 3.59. The van der Waals surface area contributed by atoms with Crippen LogP contribution < -0.4 is 10.5 Å². The van der Waals surface area contributed by atoms with Crippen molar-refractivity contribution in [3.8, 4) is 5.75 Å². The number of thiazole rings is 1. The van der Waals surface area contributed by atoms with Gasteiger partial charge in [-0.15, -0.1) is 11.3 Å². The Kier molecular flexibility index (Phi) is 6.25. The summed E-state index contributed by atoms with van der Waals surface area (Å²) in [4.78, 5) is 31.4. The highest BCUT2D eigenvalue weighted by molar-refractivity contribution is 7.13. The van der Waals surface area contributed by atoms with Gasteiger partial charge in [-0.2, -0.15) is 0 Å². The minimum atomic E-state index is -0.385. The summed E-state index contributed by atoms with van der Waals surface area (Å²) < 4.78 is 5.93. The molecule has 0 atom stereocenters. The molecule has 0 unspecified atom stereocenters. The zero-order valence-electron chi connectivity index (χ0n) is 16.0. The average Bonchev–Trinajstić information content (AvgIpc) is 2.98. The first-order valence-corrected chi connectivity index (χ1v) is 10.4. The van der Waals surface area contributed by atoms with Gasteiger partial charge in [-0.1, -0.05) is 17.7 Å². The first kappa shape index (κ1) is 20.6. The lowest BCUT2D eigenvalue weighted by Gasteiger charge is -2.41. The minimum Gasteiger partial charge on any atom is -0.493 e. The number of halogens is 1. The number of carbonyl (C=O) groups excluding carboxylic acids is 2. The van der Waals surface area contributed by atoms with Crippen molar-refractivity contribution >= 4 is 34.8 Å². The molecule has 0 bridgehead atoms. The molecule has 1 saturated heterocycles. The number of primary amides is 1. The van der Waals surface area contributed by atoms with E-state index in [9.17, 15) is 9.59 Å². The van der Waals surface area contributed by atoms with E-state index in [-0.39, 0.29) is 23.7 Å². The highest BCUT2D eigenvalue weighted by Crippen LogP contribution is 2.37. The normalized spacial score (nSPS) is 16.0. The Morgan fingerprint density at radius 1 is 1.32 bits per heavy atom. The van der Waals surface area contributed by atoms with E-state index >= 15 is 0 Å². The van der Waals surface area contributed by atoms with Gasteiger partial charge < -0.3 is 15.4 Å². The Morgan fingerprint density at radius 3 is 2.61 bits per heavy atom. The van der Waals surface area contributed by atoms with Crippen molar-refractivity contribution in [3.63, 3.8) is 0 Å². The number of hydrogen-bond acceptors (Lipinski definition) is 5. The van der Waals surface area contributed by atoms with E-state index in [4.69, 9.17) is 22.1 Å². The first-order chi connectivity index (χ1) is 13.3. The lowest BCUT2D eigenvalue weighted by molar-refractivity contribution is -0.121. The van der Waals surface area contributed by atoms with E-state index in [1.54, 1.807) is 12.1 Å². The highest BCUT2D eigenvalue weighted by atomic mass is 35.5. The standard InChI is InChI=1S/C20H24ClN3O3S/c1-13-18(28-14(2)23-13)19(26)24-8-6-20(7-9-24,11-17(22)25)12-27-16-5-3-4-15(21)10-16/h3-5,10H,6-9,11-12H2,1-2H3,(H2,22,25). The fourth-order valence-corrected chi connectivity index (χ4v) is 4.66. The molecule has 2 heterocycles. The molecule has 28 heavy (non-hydrogen) atoms. The smallest absolute Gasteiger partial charge is 0.265 e. The lowest BCUT2D eigenvalue weighted by Crippen LogP contribution is -2.47. The summed E-state index contributed by atoms with van der Waals surface area (Å²) in [6.07, 6.45) is 1.53. The van der Waals surface area contributed by atoms with E-state index in [0.717, 1.165) is 10.7 Å². The van der Waals surface area contributed by atoms with Gasteiger partial charge >= 0.3 is 0 Å². The fraction of sp³-hybridized carbons (Fsp3) is 0.450. The maximum absolute atomic E-state index is 12.8. The quantitative estimate of drug-likeness (QED) is 0.772. The topological polar surface area (TPSA) is 85.5 Å². The van der Waals surface area contributed by atoms with Crippen LogP contribution in [0.25, 0.3) is 0 Å². The van der Waals surface area contributed by atoms with Crippen molar-refractivity contribution < 1.29 is 14.3 Å². The van der Waals surface area contributed by atoms with Crippen LogP contribution >= 0.6 is 22.9 Å². The molecule has 8 heteroatoms. The van der Waals surface area contributed by atoms with Crippen LogP contribution in [0.3, 0.4) is 0 Å². The van der Waals surface area contributed by atoms with Crippen molar-refractivity contribution in [1.29, 1.82) is 0 Å². The summed E-state index contributed by atoms with van der Waals surface area (Å²) in [7, 11) is 0. The van der Waals surface area contributed by atoms with Crippen LogP contribution in [-0.4, -0.2) is 41.4 Å². The van der Waals surface area contributed by atoms with E-state index in [1.165, 1.54) is 11.3 Å². The predicted molar refractivity (Wildman–Crippen MR) is 110 cm³/mol. The van der Waals surface area contributed by atoms with Gasteiger partial charge in [-0.25, -0.2) is 4.98 Å². The zero-order chi connectivity index (χ0) is 20.3. The second-order valence-corrected chi connectivity index (χ2v) is 8.97. The van der Waals surface area contributed by atoms with Gasteiger partial charge in [0.05, 0.1) is 17.3 Å². The summed E-state index contributed by atoms with van der Waals surface area (Å²) in [5.41, 5.74) is 5.89. The van der Waals surface area contributed by atoms with Crippen LogP contribution in [0, 0.1) is 19.3 Å². The van der Waals surface area contributed by atoms with E-state index in [2.05, 4.69) is 4.98 Å². The summed E-state index contributed by atoms with van der Waals surface area (Å²) >= 11 is 7.43. The maximum Gasteiger partial charge on any atom is 0.265 e. The van der Waals surface area contributed by atoms with Gasteiger partial charge in [0.1, 0.15) is 10.6 Å². The molecule has 1 aliphatic rings. The molecular weight excluding hydrogens is 398 g/mol. The van der Waals surface area contributed by atoms with Gasteiger partial charge in [0.25, 0.3) is 5.91 Å². The second kappa shape index (κ2) is 8.49. The molecule has 6 nitrogen and oxygen atoms in total. The number of benzene rings is 1. The van der Waals surface area contributed by atoms with Crippen LogP contribution in [-0.2, 0) is 4.79 Å². The minimum absolute atomic E-state index is 0.00605. The number of carbonyl (C=O) groups is 2. The Bertz CT molecular complexity index is 875.